The molecule has 1 rings (SSSR count). The summed E-state index contributed by atoms with van der Waals surface area (Å²) < 4.78 is 1.02. The molecule has 1 nitrogen and oxygen atoms in total. The van der Waals surface area contributed by atoms with Gasteiger partial charge < -0.3 is 4.90 Å². The van der Waals surface area contributed by atoms with Crippen LogP contribution in [0.4, 0.5) is 5.69 Å². The van der Waals surface area contributed by atoms with Crippen molar-refractivity contribution < 1.29 is 0 Å². The molecule has 14 heavy (non-hydrogen) atoms. The van der Waals surface area contributed by atoms with E-state index in [-0.39, 0.29) is 0 Å². The monoisotopic (exact) mass is 247 g/mol. The van der Waals surface area contributed by atoms with E-state index in [1.165, 1.54) is 0 Å². The Morgan fingerprint density at radius 1 is 1.21 bits per heavy atom. The molecule has 0 saturated heterocycles. The van der Waals surface area contributed by atoms with Crippen LogP contribution in [-0.2, 0) is 0 Å². The first kappa shape index (κ1) is 10.7. The second kappa shape index (κ2) is 5.37. The molecule has 0 aliphatic heterocycles. The molecule has 0 aliphatic rings. The summed E-state index contributed by atoms with van der Waals surface area (Å²) in [6, 6.07) is 7.90. The van der Waals surface area contributed by atoms with Gasteiger partial charge in [0, 0.05) is 10.2 Å². The van der Waals surface area contributed by atoms with Gasteiger partial charge in [0.2, 0.25) is 0 Å². The van der Waals surface area contributed by atoms with Crippen LogP contribution >= 0.6 is 15.9 Å². The summed E-state index contributed by atoms with van der Waals surface area (Å²) >= 11 is 3.40. The largest absolute Gasteiger partial charge is 0.349 e. The van der Waals surface area contributed by atoms with Crippen molar-refractivity contribution in [3.8, 4) is 24.7 Å². The number of anilines is 1. The fourth-order valence-electron chi connectivity index (χ4n) is 1.13. The molecule has 0 fully saturated rings. The number of hydrogen-bond donors (Lipinski definition) is 0. The van der Waals surface area contributed by atoms with Gasteiger partial charge in [0.25, 0.3) is 0 Å². The summed E-state index contributed by atoms with van der Waals surface area (Å²) in [5, 5.41) is 0. The maximum absolute atomic E-state index is 5.26. The zero-order valence-electron chi connectivity index (χ0n) is 7.70. The maximum Gasteiger partial charge on any atom is 0.0801 e. The van der Waals surface area contributed by atoms with Crippen molar-refractivity contribution in [3.05, 3.63) is 28.7 Å². The lowest BCUT2D eigenvalue weighted by molar-refractivity contribution is 0.985. The summed E-state index contributed by atoms with van der Waals surface area (Å²) in [6.07, 6.45) is 10.5. The zero-order chi connectivity index (χ0) is 10.4. The molecule has 1 aromatic rings. The molecular formula is C12H10BrN. The average Bonchev–Trinajstić information content (AvgIpc) is 2.17. The van der Waals surface area contributed by atoms with E-state index in [0.717, 1.165) is 10.2 Å². The van der Waals surface area contributed by atoms with E-state index < -0.39 is 0 Å². The first-order chi connectivity index (χ1) is 6.77. The number of benzene rings is 1. The first-order valence-electron chi connectivity index (χ1n) is 4.15. The number of terminal acetylenes is 2. The Bertz CT molecular complexity index is 368. The van der Waals surface area contributed by atoms with Crippen molar-refractivity contribution in [1.82, 2.24) is 0 Å². The van der Waals surface area contributed by atoms with Gasteiger partial charge in [-0.2, -0.15) is 0 Å². The third-order valence-electron chi connectivity index (χ3n) is 1.74. The summed E-state index contributed by atoms with van der Waals surface area (Å²) in [5.74, 6) is 5.17. The van der Waals surface area contributed by atoms with E-state index in [9.17, 15) is 0 Å². The van der Waals surface area contributed by atoms with Crippen LogP contribution in [0.15, 0.2) is 28.7 Å². The van der Waals surface area contributed by atoms with Crippen LogP contribution in [0.1, 0.15) is 0 Å². The Labute approximate surface area is 93.2 Å². The Balaban J connectivity index is 2.89. The minimum Gasteiger partial charge on any atom is -0.349 e. The van der Waals surface area contributed by atoms with Crippen LogP contribution in [0.3, 0.4) is 0 Å². The normalized spacial score (nSPS) is 8.79. The predicted molar refractivity (Wildman–Crippen MR) is 64.0 cm³/mol. The second-order valence-corrected chi connectivity index (χ2v) is 3.66. The first-order valence-corrected chi connectivity index (χ1v) is 4.94. The standard InChI is InChI=1S/C12H10BrN/c1-3-8-14(9-4-2)12-7-5-6-11(13)10-12/h1-2,5-7,10H,8-9H2. The van der Waals surface area contributed by atoms with Gasteiger partial charge in [0.1, 0.15) is 0 Å². The van der Waals surface area contributed by atoms with Gasteiger partial charge >= 0.3 is 0 Å². The van der Waals surface area contributed by atoms with Crippen molar-refractivity contribution in [2.45, 2.75) is 0 Å². The summed E-state index contributed by atoms with van der Waals surface area (Å²) in [6.45, 7) is 1.06. The van der Waals surface area contributed by atoms with E-state index in [2.05, 4.69) is 27.8 Å². The summed E-state index contributed by atoms with van der Waals surface area (Å²) in [4.78, 5) is 1.96. The SMILES string of the molecule is C#CCN(CC#C)c1cccc(Br)c1. The molecule has 0 atom stereocenters. The van der Waals surface area contributed by atoms with E-state index in [0.29, 0.717) is 13.1 Å². The highest BCUT2D eigenvalue weighted by atomic mass is 79.9. The molecule has 0 amide bonds. The minimum absolute atomic E-state index is 0.528. The molecule has 0 aliphatic carbocycles. The molecule has 0 bridgehead atoms. The van der Waals surface area contributed by atoms with Crippen molar-refractivity contribution in [2.75, 3.05) is 18.0 Å². The third kappa shape index (κ3) is 2.83. The molecule has 0 unspecified atom stereocenters. The molecule has 2 heteroatoms. The fraction of sp³-hybridized carbons (Fsp3) is 0.167. The van der Waals surface area contributed by atoms with E-state index in [1.807, 2.05) is 29.2 Å². The summed E-state index contributed by atoms with van der Waals surface area (Å²) in [5.41, 5.74) is 1.04. The van der Waals surface area contributed by atoms with Gasteiger partial charge in [0.05, 0.1) is 13.1 Å². The fourth-order valence-corrected chi connectivity index (χ4v) is 1.52. The topological polar surface area (TPSA) is 3.24 Å². The van der Waals surface area contributed by atoms with Crippen LogP contribution in [0.25, 0.3) is 0 Å². The number of hydrogen-bond acceptors (Lipinski definition) is 1. The lowest BCUT2D eigenvalue weighted by Gasteiger charge is -2.19. The van der Waals surface area contributed by atoms with Gasteiger partial charge in [0.15, 0.2) is 0 Å². The molecule has 0 saturated carbocycles. The van der Waals surface area contributed by atoms with Crippen molar-refractivity contribution >= 4 is 21.6 Å². The third-order valence-corrected chi connectivity index (χ3v) is 2.23. The highest BCUT2D eigenvalue weighted by molar-refractivity contribution is 9.10. The lowest BCUT2D eigenvalue weighted by Crippen LogP contribution is -2.23. The van der Waals surface area contributed by atoms with Crippen molar-refractivity contribution in [1.29, 1.82) is 0 Å². The van der Waals surface area contributed by atoms with Gasteiger partial charge in [-0.1, -0.05) is 33.8 Å². The second-order valence-electron chi connectivity index (χ2n) is 2.74. The zero-order valence-corrected chi connectivity index (χ0v) is 9.29. The van der Waals surface area contributed by atoms with Gasteiger partial charge in [-0.15, -0.1) is 12.8 Å². The van der Waals surface area contributed by atoms with Gasteiger partial charge in [-0.05, 0) is 18.2 Å². The van der Waals surface area contributed by atoms with Crippen LogP contribution in [0.5, 0.6) is 0 Å². The quantitative estimate of drug-likeness (QED) is 0.743. The maximum atomic E-state index is 5.26. The van der Waals surface area contributed by atoms with Gasteiger partial charge in [-0.3, -0.25) is 0 Å². The Kier molecular flexibility index (Phi) is 4.11. The molecule has 0 spiro atoms. The molecule has 0 radical (unpaired) electrons. The van der Waals surface area contributed by atoms with E-state index in [4.69, 9.17) is 12.8 Å². The van der Waals surface area contributed by atoms with Crippen LogP contribution in [0.2, 0.25) is 0 Å². The molecule has 70 valence electrons. The van der Waals surface area contributed by atoms with E-state index in [1.54, 1.807) is 0 Å². The smallest absolute Gasteiger partial charge is 0.0801 e. The van der Waals surface area contributed by atoms with E-state index >= 15 is 0 Å². The Morgan fingerprint density at radius 3 is 2.36 bits per heavy atom. The average molecular weight is 248 g/mol. The Morgan fingerprint density at radius 2 is 1.86 bits per heavy atom. The minimum atomic E-state index is 0.528. The highest BCUT2D eigenvalue weighted by Gasteiger charge is 2.02. The summed E-state index contributed by atoms with van der Waals surface area (Å²) in [7, 11) is 0. The molecule has 0 N–H and O–H groups in total. The molecule has 1 aromatic carbocycles. The van der Waals surface area contributed by atoms with Crippen molar-refractivity contribution in [2.24, 2.45) is 0 Å². The predicted octanol–water partition coefficient (Wildman–Crippen LogP) is 2.52. The van der Waals surface area contributed by atoms with Crippen LogP contribution < -0.4 is 4.90 Å². The van der Waals surface area contributed by atoms with Crippen LogP contribution in [0, 0.1) is 24.7 Å². The lowest BCUT2D eigenvalue weighted by atomic mass is 10.3. The Hall–Kier alpha value is -1.38. The molecule has 0 heterocycles. The molecule has 0 aromatic heterocycles. The van der Waals surface area contributed by atoms with Gasteiger partial charge in [-0.25, -0.2) is 0 Å². The van der Waals surface area contributed by atoms with Crippen molar-refractivity contribution in [3.63, 3.8) is 0 Å². The number of nitrogens with zero attached hydrogens (tertiary/aromatic N) is 1. The number of rotatable bonds is 3. The van der Waals surface area contributed by atoms with Crippen LogP contribution in [-0.4, -0.2) is 13.1 Å². The number of halogens is 1. The highest BCUT2D eigenvalue weighted by Crippen LogP contribution is 2.19. The molecular weight excluding hydrogens is 238 g/mol.